The van der Waals surface area contributed by atoms with Crippen molar-refractivity contribution in [1.82, 2.24) is 0 Å². The molecule has 0 unspecified atom stereocenters. The molecule has 0 aliphatic heterocycles. The number of halogens is 2. The van der Waals surface area contributed by atoms with Crippen molar-refractivity contribution in [2.75, 3.05) is 6.54 Å². The summed E-state index contributed by atoms with van der Waals surface area (Å²) in [5, 5.41) is 1.78. The van der Waals surface area contributed by atoms with E-state index in [1.54, 1.807) is 17.5 Å². The van der Waals surface area contributed by atoms with Crippen LogP contribution in [0, 0.1) is 0 Å². The molecule has 1 aromatic heterocycles. The van der Waals surface area contributed by atoms with Gasteiger partial charge in [0.05, 0.1) is 6.54 Å². The lowest BCUT2D eigenvalue weighted by molar-refractivity contribution is 0.0123. The third-order valence-electron chi connectivity index (χ3n) is 1.31. The van der Waals surface area contributed by atoms with Gasteiger partial charge in [0.1, 0.15) is 0 Å². The third-order valence-corrected chi connectivity index (χ3v) is 2.19. The zero-order valence-corrected chi connectivity index (χ0v) is 6.70. The van der Waals surface area contributed by atoms with Gasteiger partial charge in [-0.25, -0.2) is 8.78 Å². The number of thiophene rings is 1. The highest BCUT2D eigenvalue weighted by Gasteiger charge is 2.27. The van der Waals surface area contributed by atoms with E-state index >= 15 is 0 Å². The van der Waals surface area contributed by atoms with E-state index in [-0.39, 0.29) is 6.42 Å². The maximum Gasteiger partial charge on any atom is 0.264 e. The zero-order valence-electron chi connectivity index (χ0n) is 5.89. The first-order valence-electron chi connectivity index (χ1n) is 3.24. The van der Waals surface area contributed by atoms with E-state index in [4.69, 9.17) is 5.73 Å². The van der Waals surface area contributed by atoms with Crippen molar-refractivity contribution >= 4 is 11.3 Å². The average molecular weight is 177 g/mol. The molecule has 11 heavy (non-hydrogen) atoms. The number of hydrogen-bond acceptors (Lipinski definition) is 2. The maximum atomic E-state index is 12.6. The molecule has 0 aliphatic rings. The van der Waals surface area contributed by atoms with Crippen molar-refractivity contribution in [2.24, 2.45) is 5.73 Å². The Morgan fingerprint density at radius 1 is 1.55 bits per heavy atom. The second-order valence-corrected chi connectivity index (χ2v) is 3.35. The summed E-state index contributed by atoms with van der Waals surface area (Å²) >= 11 is 1.33. The molecule has 1 rings (SSSR count). The van der Waals surface area contributed by atoms with Crippen molar-refractivity contribution in [3.05, 3.63) is 22.4 Å². The lowest BCUT2D eigenvalue weighted by Gasteiger charge is -2.11. The van der Waals surface area contributed by atoms with Crippen molar-refractivity contribution in [3.8, 4) is 0 Å². The Labute approximate surface area is 67.8 Å². The normalized spacial score (nSPS) is 11.9. The Kier molecular flexibility index (Phi) is 2.57. The van der Waals surface area contributed by atoms with E-state index in [0.717, 1.165) is 0 Å². The largest absolute Gasteiger partial charge is 0.325 e. The lowest BCUT2D eigenvalue weighted by atomic mass is 10.2. The van der Waals surface area contributed by atoms with Crippen LogP contribution in [0.1, 0.15) is 4.88 Å². The van der Waals surface area contributed by atoms with Gasteiger partial charge in [0, 0.05) is 11.3 Å². The molecule has 0 fully saturated rings. The van der Waals surface area contributed by atoms with Gasteiger partial charge < -0.3 is 5.73 Å². The molecule has 0 atom stereocenters. The fourth-order valence-corrected chi connectivity index (χ4v) is 1.52. The Morgan fingerprint density at radius 3 is 2.73 bits per heavy atom. The molecule has 0 bridgehead atoms. The van der Waals surface area contributed by atoms with Crippen LogP contribution in [0.3, 0.4) is 0 Å². The number of nitrogens with two attached hydrogens (primary N) is 1. The summed E-state index contributed by atoms with van der Waals surface area (Å²) in [6.07, 6.45) is -0.235. The molecule has 62 valence electrons. The van der Waals surface area contributed by atoms with Crippen molar-refractivity contribution in [2.45, 2.75) is 12.3 Å². The first-order valence-corrected chi connectivity index (χ1v) is 4.12. The number of rotatable bonds is 3. The maximum absolute atomic E-state index is 12.6. The molecular weight excluding hydrogens is 168 g/mol. The summed E-state index contributed by atoms with van der Waals surface area (Å²) in [6.45, 7) is -0.578. The van der Waals surface area contributed by atoms with Crippen LogP contribution in [-0.2, 0) is 6.42 Å². The van der Waals surface area contributed by atoms with Crippen LogP contribution in [0.15, 0.2) is 17.5 Å². The third kappa shape index (κ3) is 2.55. The summed E-state index contributed by atoms with van der Waals surface area (Å²) in [5.74, 6) is -2.75. The molecule has 0 radical (unpaired) electrons. The molecule has 2 N–H and O–H groups in total. The molecule has 1 aromatic rings. The lowest BCUT2D eigenvalue weighted by Crippen LogP contribution is -2.29. The Balaban J connectivity index is 2.56. The second kappa shape index (κ2) is 3.28. The molecule has 0 aromatic carbocycles. The average Bonchev–Trinajstić information content (AvgIpc) is 2.39. The summed E-state index contributed by atoms with van der Waals surface area (Å²) in [7, 11) is 0. The quantitative estimate of drug-likeness (QED) is 0.749. The topological polar surface area (TPSA) is 26.0 Å². The molecule has 0 aliphatic carbocycles. The van der Waals surface area contributed by atoms with E-state index in [9.17, 15) is 8.78 Å². The predicted octanol–water partition coefficient (Wildman–Crippen LogP) is 1.88. The molecular formula is C7H9F2NS. The van der Waals surface area contributed by atoms with E-state index in [1.807, 2.05) is 0 Å². The van der Waals surface area contributed by atoms with E-state index in [1.165, 1.54) is 11.3 Å². The summed E-state index contributed by atoms with van der Waals surface area (Å²) in [5.41, 5.74) is 4.88. The second-order valence-electron chi connectivity index (χ2n) is 2.32. The summed E-state index contributed by atoms with van der Waals surface area (Å²) < 4.78 is 25.2. The van der Waals surface area contributed by atoms with Crippen LogP contribution in [-0.4, -0.2) is 12.5 Å². The minimum atomic E-state index is -2.75. The SMILES string of the molecule is NCC(F)(F)Cc1cccs1. The van der Waals surface area contributed by atoms with Gasteiger partial charge in [0.15, 0.2) is 0 Å². The van der Waals surface area contributed by atoms with E-state index < -0.39 is 12.5 Å². The minimum absolute atomic E-state index is 0.235. The highest BCUT2D eigenvalue weighted by atomic mass is 32.1. The number of alkyl halides is 2. The first kappa shape index (κ1) is 8.62. The van der Waals surface area contributed by atoms with Crippen LogP contribution >= 0.6 is 11.3 Å². The molecule has 0 spiro atoms. The zero-order chi connectivity index (χ0) is 8.32. The highest BCUT2D eigenvalue weighted by Crippen LogP contribution is 2.21. The monoisotopic (exact) mass is 177 g/mol. The van der Waals surface area contributed by atoms with E-state index in [2.05, 4.69) is 0 Å². The van der Waals surface area contributed by atoms with Crippen LogP contribution in [0.2, 0.25) is 0 Å². The molecule has 0 saturated carbocycles. The van der Waals surface area contributed by atoms with Gasteiger partial charge in [-0.2, -0.15) is 0 Å². The Bertz CT molecular complexity index is 208. The summed E-state index contributed by atoms with van der Waals surface area (Å²) in [4.78, 5) is 0.681. The standard InChI is InChI=1S/C7H9F2NS/c8-7(9,5-10)4-6-2-1-3-11-6/h1-3H,4-5,10H2. The van der Waals surface area contributed by atoms with Gasteiger partial charge >= 0.3 is 0 Å². The fourth-order valence-electron chi connectivity index (χ4n) is 0.740. The van der Waals surface area contributed by atoms with Gasteiger partial charge in [0.2, 0.25) is 0 Å². The van der Waals surface area contributed by atoms with Crippen LogP contribution in [0.25, 0.3) is 0 Å². The van der Waals surface area contributed by atoms with Gasteiger partial charge in [-0.3, -0.25) is 0 Å². The highest BCUT2D eigenvalue weighted by molar-refractivity contribution is 7.09. The van der Waals surface area contributed by atoms with Gasteiger partial charge in [-0.05, 0) is 11.4 Å². The molecule has 1 nitrogen and oxygen atoms in total. The molecule has 4 heteroatoms. The van der Waals surface area contributed by atoms with Crippen molar-refractivity contribution < 1.29 is 8.78 Å². The minimum Gasteiger partial charge on any atom is -0.325 e. The van der Waals surface area contributed by atoms with Crippen LogP contribution in [0.5, 0.6) is 0 Å². The van der Waals surface area contributed by atoms with Crippen LogP contribution in [0.4, 0.5) is 8.78 Å². The fraction of sp³-hybridized carbons (Fsp3) is 0.429. The van der Waals surface area contributed by atoms with E-state index in [0.29, 0.717) is 4.88 Å². The Hall–Kier alpha value is -0.480. The predicted molar refractivity (Wildman–Crippen MR) is 42.0 cm³/mol. The van der Waals surface area contributed by atoms with Gasteiger partial charge in [-0.15, -0.1) is 11.3 Å². The van der Waals surface area contributed by atoms with Crippen molar-refractivity contribution in [3.63, 3.8) is 0 Å². The number of hydrogen-bond donors (Lipinski definition) is 1. The first-order chi connectivity index (χ1) is 5.14. The van der Waals surface area contributed by atoms with Crippen LogP contribution < -0.4 is 5.73 Å². The molecule has 1 heterocycles. The molecule has 0 saturated heterocycles. The van der Waals surface area contributed by atoms with Gasteiger partial charge in [-0.1, -0.05) is 6.07 Å². The van der Waals surface area contributed by atoms with Gasteiger partial charge in [0.25, 0.3) is 5.92 Å². The molecule has 0 amide bonds. The summed E-state index contributed by atoms with van der Waals surface area (Å²) in [6, 6.07) is 3.45. The smallest absolute Gasteiger partial charge is 0.264 e. The Morgan fingerprint density at radius 2 is 2.27 bits per heavy atom. The van der Waals surface area contributed by atoms with Crippen molar-refractivity contribution in [1.29, 1.82) is 0 Å².